The Morgan fingerprint density at radius 1 is 0.462 bits per heavy atom. The highest BCUT2D eigenvalue weighted by Gasteiger charge is 2.42. The summed E-state index contributed by atoms with van der Waals surface area (Å²) in [5, 5.41) is 1.33. The number of nitrogens with zero attached hydrogens (tertiary/aromatic N) is 1. The van der Waals surface area contributed by atoms with Crippen LogP contribution in [0, 0.1) is 0 Å². The van der Waals surface area contributed by atoms with Crippen molar-refractivity contribution in [1.82, 2.24) is 0 Å². The predicted molar refractivity (Wildman–Crippen MR) is 158 cm³/mol. The first kappa shape index (κ1) is 24.0. The van der Waals surface area contributed by atoms with Crippen molar-refractivity contribution in [2.75, 3.05) is 17.5 Å². The SMILES string of the molecule is O=P1(CN(CP2(=O)Oc3ccccc3-c3ccccc32)c2ccccc2)Oc2ccccc2-c2ccccc21. The number of para-hydroxylation sites is 3. The van der Waals surface area contributed by atoms with Crippen molar-refractivity contribution in [3.63, 3.8) is 0 Å². The van der Waals surface area contributed by atoms with Crippen LogP contribution in [0.2, 0.25) is 0 Å². The van der Waals surface area contributed by atoms with E-state index in [-0.39, 0.29) is 12.6 Å². The lowest BCUT2D eigenvalue weighted by Gasteiger charge is -2.36. The largest absolute Gasteiger partial charge is 0.438 e. The van der Waals surface area contributed by atoms with Crippen LogP contribution < -0.4 is 24.6 Å². The Morgan fingerprint density at radius 3 is 1.33 bits per heavy atom. The molecule has 0 amide bonds. The third-order valence-electron chi connectivity index (χ3n) is 7.22. The lowest BCUT2D eigenvalue weighted by Crippen LogP contribution is -2.34. The first-order valence-electron chi connectivity index (χ1n) is 12.8. The van der Waals surface area contributed by atoms with Gasteiger partial charge in [0, 0.05) is 16.8 Å². The molecule has 5 aromatic rings. The second kappa shape index (κ2) is 9.31. The smallest absolute Gasteiger partial charge is 0.296 e. The summed E-state index contributed by atoms with van der Waals surface area (Å²) in [6, 6.07) is 40.4. The molecule has 2 unspecified atom stereocenters. The Bertz CT molecular complexity index is 1690. The quantitative estimate of drug-likeness (QED) is 0.210. The van der Waals surface area contributed by atoms with E-state index in [1.807, 2.05) is 132 Å². The van der Waals surface area contributed by atoms with E-state index >= 15 is 0 Å². The molecular weight excluding hydrogens is 524 g/mol. The van der Waals surface area contributed by atoms with Gasteiger partial charge in [-0.15, -0.1) is 0 Å². The molecule has 39 heavy (non-hydrogen) atoms. The summed E-state index contributed by atoms with van der Waals surface area (Å²) in [6.45, 7) is 0. The van der Waals surface area contributed by atoms with E-state index in [0.29, 0.717) is 22.1 Å². The summed E-state index contributed by atoms with van der Waals surface area (Å²) >= 11 is 0. The second-order valence-electron chi connectivity index (χ2n) is 9.71. The molecule has 2 aliphatic rings. The van der Waals surface area contributed by atoms with Crippen molar-refractivity contribution in [2.24, 2.45) is 0 Å². The molecule has 0 bridgehead atoms. The lowest BCUT2D eigenvalue weighted by atomic mass is 10.0. The highest BCUT2D eigenvalue weighted by atomic mass is 31.2. The molecule has 2 heterocycles. The van der Waals surface area contributed by atoms with Crippen LogP contribution in [0.3, 0.4) is 0 Å². The molecule has 0 N–H and O–H groups in total. The molecule has 0 saturated heterocycles. The minimum Gasteiger partial charge on any atom is -0.438 e. The number of fused-ring (bicyclic) bond motifs is 6. The van der Waals surface area contributed by atoms with Crippen molar-refractivity contribution in [3.8, 4) is 33.8 Å². The van der Waals surface area contributed by atoms with Crippen molar-refractivity contribution >= 4 is 31.0 Å². The third kappa shape index (κ3) is 4.10. The van der Waals surface area contributed by atoms with Crippen LogP contribution in [0.5, 0.6) is 11.5 Å². The van der Waals surface area contributed by atoms with Crippen LogP contribution in [0.4, 0.5) is 5.69 Å². The fourth-order valence-electron chi connectivity index (χ4n) is 5.46. The maximum atomic E-state index is 14.8. The highest BCUT2D eigenvalue weighted by Crippen LogP contribution is 2.58. The Hall–Kier alpha value is -4.04. The van der Waals surface area contributed by atoms with E-state index in [1.165, 1.54) is 0 Å². The number of hydrogen-bond acceptors (Lipinski definition) is 5. The number of hydrogen-bond donors (Lipinski definition) is 0. The second-order valence-corrected chi connectivity index (χ2v) is 14.3. The van der Waals surface area contributed by atoms with Crippen LogP contribution in [0.1, 0.15) is 0 Å². The Balaban J connectivity index is 1.33. The van der Waals surface area contributed by atoms with Gasteiger partial charge < -0.3 is 13.9 Å². The Morgan fingerprint density at radius 2 is 0.846 bits per heavy atom. The minimum absolute atomic E-state index is 0.0412. The fraction of sp³-hybridized carbons (Fsp3) is 0.0625. The van der Waals surface area contributed by atoms with Gasteiger partial charge in [0.05, 0.1) is 10.6 Å². The molecular formula is C32H25NO4P2. The van der Waals surface area contributed by atoms with Gasteiger partial charge in [-0.05, 0) is 47.5 Å². The topological polar surface area (TPSA) is 55.8 Å². The molecule has 7 rings (SSSR count). The first-order chi connectivity index (χ1) is 19.0. The highest BCUT2D eigenvalue weighted by molar-refractivity contribution is 7.69. The third-order valence-corrected chi connectivity index (χ3v) is 11.9. The molecule has 5 nitrogen and oxygen atoms in total. The van der Waals surface area contributed by atoms with Crippen LogP contribution >= 0.6 is 14.7 Å². The van der Waals surface area contributed by atoms with Crippen LogP contribution in [0.25, 0.3) is 22.3 Å². The van der Waals surface area contributed by atoms with Crippen LogP contribution in [-0.2, 0) is 9.13 Å². The van der Waals surface area contributed by atoms with Crippen LogP contribution in [0.15, 0.2) is 127 Å². The standard InChI is InChI=1S/C32H25NO4P2/c34-38(31-20-10-6-16-27(31)25-14-4-8-18-29(25)36-38)22-33(24-12-2-1-3-13-24)23-39(35)32-21-11-7-17-28(32)26-15-5-9-19-30(26)37-39/h1-21H,22-23H2. The molecule has 0 aliphatic carbocycles. The molecule has 7 heteroatoms. The Kier molecular flexibility index (Phi) is 5.74. The van der Waals surface area contributed by atoms with E-state index in [4.69, 9.17) is 9.05 Å². The number of benzene rings is 5. The van der Waals surface area contributed by atoms with E-state index < -0.39 is 14.7 Å². The fourth-order valence-corrected chi connectivity index (χ4v) is 10.4. The molecule has 0 aromatic heterocycles. The molecule has 0 radical (unpaired) electrons. The van der Waals surface area contributed by atoms with Crippen molar-refractivity contribution in [1.29, 1.82) is 0 Å². The molecule has 2 atom stereocenters. The molecule has 2 aliphatic heterocycles. The Labute approximate surface area is 227 Å². The normalized spacial score (nSPS) is 20.3. The average Bonchev–Trinajstić information content (AvgIpc) is 2.98. The van der Waals surface area contributed by atoms with Gasteiger partial charge in [-0.1, -0.05) is 91.0 Å². The van der Waals surface area contributed by atoms with Gasteiger partial charge in [-0.25, -0.2) is 0 Å². The summed E-state index contributed by atoms with van der Waals surface area (Å²) in [4.78, 5) is 1.90. The maximum Gasteiger partial charge on any atom is 0.296 e. The van der Waals surface area contributed by atoms with Gasteiger partial charge in [0.15, 0.2) is 0 Å². The van der Waals surface area contributed by atoms with E-state index in [9.17, 15) is 9.13 Å². The molecule has 5 aromatic carbocycles. The van der Waals surface area contributed by atoms with E-state index in [2.05, 4.69) is 0 Å². The van der Waals surface area contributed by atoms with Crippen molar-refractivity contribution < 1.29 is 18.2 Å². The summed E-state index contributed by atoms with van der Waals surface area (Å²) in [5.41, 5.74) is 4.42. The lowest BCUT2D eigenvalue weighted by molar-refractivity contribution is 0.484. The molecule has 0 fully saturated rings. The minimum atomic E-state index is -3.46. The van der Waals surface area contributed by atoms with E-state index in [1.54, 1.807) is 0 Å². The summed E-state index contributed by atoms with van der Waals surface area (Å²) in [5.74, 6) is 1.18. The van der Waals surface area contributed by atoms with E-state index in [0.717, 1.165) is 27.9 Å². The van der Waals surface area contributed by atoms with Crippen LogP contribution in [-0.4, -0.2) is 12.6 Å². The number of rotatable bonds is 5. The average molecular weight is 550 g/mol. The zero-order chi connectivity index (χ0) is 26.5. The summed E-state index contributed by atoms with van der Waals surface area (Å²) in [6.07, 6.45) is 0.0824. The van der Waals surface area contributed by atoms with Gasteiger partial charge in [-0.3, -0.25) is 9.13 Å². The zero-order valence-electron chi connectivity index (χ0n) is 21.0. The molecule has 0 spiro atoms. The predicted octanol–water partition coefficient (Wildman–Crippen LogP) is 7.73. The van der Waals surface area contributed by atoms with Gasteiger partial charge in [0.2, 0.25) is 0 Å². The van der Waals surface area contributed by atoms with Gasteiger partial charge in [0.25, 0.3) is 14.7 Å². The molecule has 0 saturated carbocycles. The van der Waals surface area contributed by atoms with Gasteiger partial charge in [-0.2, -0.15) is 0 Å². The maximum absolute atomic E-state index is 14.8. The summed E-state index contributed by atoms with van der Waals surface area (Å²) in [7, 11) is -6.91. The first-order valence-corrected chi connectivity index (χ1v) is 16.4. The number of anilines is 1. The summed E-state index contributed by atoms with van der Waals surface area (Å²) < 4.78 is 42.3. The molecule has 192 valence electrons. The van der Waals surface area contributed by atoms with Gasteiger partial charge in [0.1, 0.15) is 24.1 Å². The monoisotopic (exact) mass is 549 g/mol. The van der Waals surface area contributed by atoms with Gasteiger partial charge >= 0.3 is 0 Å². The zero-order valence-corrected chi connectivity index (χ0v) is 22.8. The van der Waals surface area contributed by atoms with Crippen molar-refractivity contribution in [2.45, 2.75) is 0 Å². The van der Waals surface area contributed by atoms with Crippen molar-refractivity contribution in [3.05, 3.63) is 127 Å².